The number of aliphatic carboxylic acids is 1. The molecule has 0 unspecified atom stereocenters. The number of hydrogen-bond acceptors (Lipinski definition) is 2. The third-order valence-corrected chi connectivity index (χ3v) is 9.35. The summed E-state index contributed by atoms with van der Waals surface area (Å²) in [5.41, 5.74) is -0.990. The van der Waals surface area contributed by atoms with Crippen LogP contribution in [-0.2, 0) is 9.59 Å². The van der Waals surface area contributed by atoms with Crippen LogP contribution in [0.4, 0.5) is 0 Å². The van der Waals surface area contributed by atoms with Gasteiger partial charge in [-0.15, -0.1) is 11.6 Å². The number of rotatable bonds is 1. The quantitative estimate of drug-likeness (QED) is 0.689. The van der Waals surface area contributed by atoms with Gasteiger partial charge in [-0.25, -0.2) is 0 Å². The molecule has 7 atom stereocenters. The number of carboxylic acids is 1. The summed E-state index contributed by atoms with van der Waals surface area (Å²) >= 11 is 6.76. The summed E-state index contributed by atoms with van der Waals surface area (Å²) in [7, 11) is 0. The van der Waals surface area contributed by atoms with Gasteiger partial charge in [0.05, 0.1) is 5.41 Å². The molecule has 4 nitrogen and oxygen atoms in total. The van der Waals surface area contributed by atoms with Crippen LogP contribution >= 0.6 is 11.6 Å². The lowest BCUT2D eigenvalue weighted by molar-refractivity contribution is -0.194. The highest BCUT2D eigenvalue weighted by Gasteiger charge is 2.68. The molecular weight excluding hydrogens is 338 g/mol. The van der Waals surface area contributed by atoms with Gasteiger partial charge in [0, 0.05) is 11.0 Å². The van der Waals surface area contributed by atoms with Crippen LogP contribution in [0.3, 0.4) is 0 Å². The predicted molar refractivity (Wildman–Crippen MR) is 96.4 cm³/mol. The fourth-order valence-corrected chi connectivity index (χ4v) is 8.10. The Balaban J connectivity index is 1.79. The zero-order valence-electron chi connectivity index (χ0n) is 15.5. The van der Waals surface area contributed by atoms with E-state index >= 15 is 0 Å². The second-order valence-corrected chi connectivity index (χ2v) is 10.5. The first kappa shape index (κ1) is 17.6. The Morgan fingerprint density at radius 2 is 1.80 bits per heavy atom. The molecule has 1 saturated heterocycles. The number of carbonyl (C=O) groups excluding carboxylic acids is 1. The number of fused-ring (bicyclic) bond motifs is 3. The first-order valence-electron chi connectivity index (χ1n) is 9.77. The molecule has 1 heterocycles. The summed E-state index contributed by atoms with van der Waals surface area (Å²) in [6, 6.07) is 0. The molecule has 1 spiro atoms. The summed E-state index contributed by atoms with van der Waals surface area (Å²) < 4.78 is 0. The maximum absolute atomic E-state index is 12.6. The molecular formula is C20H30ClNO3. The van der Waals surface area contributed by atoms with Crippen LogP contribution in [0.2, 0.25) is 0 Å². The van der Waals surface area contributed by atoms with Crippen LogP contribution in [0.15, 0.2) is 0 Å². The molecule has 0 aromatic heterocycles. The largest absolute Gasteiger partial charge is 0.481 e. The van der Waals surface area contributed by atoms with Crippen LogP contribution in [0.25, 0.3) is 0 Å². The van der Waals surface area contributed by atoms with Crippen molar-refractivity contribution in [3.8, 4) is 0 Å². The lowest BCUT2D eigenvalue weighted by atomic mass is 9.38. The van der Waals surface area contributed by atoms with Crippen molar-refractivity contribution in [2.75, 3.05) is 0 Å². The molecule has 2 N–H and O–H groups in total. The van der Waals surface area contributed by atoms with E-state index < -0.39 is 16.8 Å². The third-order valence-electron chi connectivity index (χ3n) is 8.72. The second-order valence-electron chi connectivity index (χ2n) is 10.1. The second kappa shape index (κ2) is 5.15. The van der Waals surface area contributed by atoms with Crippen molar-refractivity contribution < 1.29 is 14.7 Å². The van der Waals surface area contributed by atoms with Gasteiger partial charge in [0.15, 0.2) is 0 Å². The van der Waals surface area contributed by atoms with Crippen molar-refractivity contribution in [3.63, 3.8) is 0 Å². The van der Waals surface area contributed by atoms with E-state index in [1.165, 1.54) is 0 Å². The molecule has 2 bridgehead atoms. The number of carbonyl (C=O) groups is 2. The standard InChI is InChI=1S/C20H30ClNO3/c1-17-9-5-13-18(2)7-4-8-19(3,16(24)25)12(18)6-10-20(13,11-17)14(21)15(23)22-17/h12-14H,4-11H2,1-3H3,(H,22,23)(H,24,25)/t12-,13-,14-,17+,18-,19-,20-/m1/s1. The Kier molecular flexibility index (Phi) is 3.63. The maximum atomic E-state index is 12.6. The number of carboxylic acid groups (broad SMARTS) is 1. The van der Waals surface area contributed by atoms with Crippen molar-refractivity contribution in [3.05, 3.63) is 0 Å². The van der Waals surface area contributed by atoms with Crippen molar-refractivity contribution >= 4 is 23.5 Å². The fourth-order valence-electron chi connectivity index (χ4n) is 7.71. The van der Waals surface area contributed by atoms with Crippen molar-refractivity contribution in [1.29, 1.82) is 0 Å². The number of amides is 1. The van der Waals surface area contributed by atoms with Gasteiger partial charge in [-0.3, -0.25) is 9.59 Å². The summed E-state index contributed by atoms with van der Waals surface area (Å²) in [4.78, 5) is 24.7. The van der Waals surface area contributed by atoms with E-state index in [2.05, 4.69) is 19.2 Å². The van der Waals surface area contributed by atoms with E-state index in [-0.39, 0.29) is 28.2 Å². The van der Waals surface area contributed by atoms with Gasteiger partial charge in [-0.05, 0) is 76.0 Å². The van der Waals surface area contributed by atoms with Crippen LogP contribution in [0, 0.1) is 28.1 Å². The van der Waals surface area contributed by atoms with Crippen molar-refractivity contribution in [1.82, 2.24) is 5.32 Å². The molecule has 1 aliphatic heterocycles. The highest BCUT2D eigenvalue weighted by Crippen LogP contribution is 2.70. The number of alkyl halides is 1. The minimum absolute atomic E-state index is 0.0148. The summed E-state index contributed by atoms with van der Waals surface area (Å²) in [5.74, 6) is -0.137. The number of hydrogen-bond donors (Lipinski definition) is 2. The van der Waals surface area contributed by atoms with Gasteiger partial charge in [-0.1, -0.05) is 13.3 Å². The topological polar surface area (TPSA) is 66.4 Å². The molecule has 3 aliphatic carbocycles. The van der Waals surface area contributed by atoms with Gasteiger partial charge in [0.1, 0.15) is 5.38 Å². The first-order chi connectivity index (χ1) is 11.6. The highest BCUT2D eigenvalue weighted by atomic mass is 35.5. The predicted octanol–water partition coefficient (Wildman–Crippen LogP) is 3.96. The Morgan fingerprint density at radius 1 is 1.12 bits per heavy atom. The lowest BCUT2D eigenvalue weighted by Crippen LogP contribution is -2.71. The summed E-state index contributed by atoms with van der Waals surface area (Å²) in [6.45, 7) is 6.42. The molecule has 5 heteroatoms. The van der Waals surface area contributed by atoms with Crippen molar-refractivity contribution in [2.24, 2.45) is 28.1 Å². The molecule has 4 rings (SSSR count). The molecule has 4 fully saturated rings. The SMILES string of the molecule is C[C@]12CC[C@@H]3[C@]4(C)CCC[C@@](C)(C(=O)O)[C@@H]4CC[C@]3(C1)[C@H](Cl)C(=O)N2. The molecule has 25 heavy (non-hydrogen) atoms. The average molecular weight is 368 g/mol. The van der Waals surface area contributed by atoms with E-state index in [4.69, 9.17) is 11.6 Å². The number of piperidine rings is 1. The van der Waals surface area contributed by atoms with Crippen molar-refractivity contribution in [2.45, 2.75) is 83.1 Å². The normalized spacial score (nSPS) is 54.9. The molecule has 3 saturated carbocycles. The Hall–Kier alpha value is -0.770. The fraction of sp³-hybridized carbons (Fsp3) is 0.900. The zero-order valence-corrected chi connectivity index (χ0v) is 16.3. The first-order valence-corrected chi connectivity index (χ1v) is 10.2. The third kappa shape index (κ3) is 2.12. The number of nitrogens with one attached hydrogen (secondary N) is 1. The van der Waals surface area contributed by atoms with Gasteiger partial charge in [0.2, 0.25) is 5.91 Å². The van der Waals surface area contributed by atoms with Crippen LogP contribution in [0.1, 0.15) is 72.1 Å². The smallest absolute Gasteiger partial charge is 0.309 e. The summed E-state index contributed by atoms with van der Waals surface area (Å²) in [5, 5.41) is 12.6. The Labute approximate surface area is 155 Å². The average Bonchev–Trinajstić information content (AvgIpc) is 2.51. The molecule has 0 radical (unpaired) electrons. The minimum Gasteiger partial charge on any atom is -0.481 e. The van der Waals surface area contributed by atoms with E-state index in [9.17, 15) is 14.7 Å². The summed E-state index contributed by atoms with van der Waals surface area (Å²) in [6.07, 6.45) is 7.51. The molecule has 0 aromatic rings. The van der Waals surface area contributed by atoms with E-state index in [1.807, 2.05) is 6.92 Å². The Bertz CT molecular complexity index is 638. The molecule has 140 valence electrons. The van der Waals surface area contributed by atoms with E-state index in [0.717, 1.165) is 51.4 Å². The van der Waals surface area contributed by atoms with Gasteiger partial charge < -0.3 is 10.4 Å². The molecule has 1 amide bonds. The lowest BCUT2D eigenvalue weighted by Gasteiger charge is -2.68. The number of halogens is 1. The van der Waals surface area contributed by atoms with Crippen LogP contribution in [0.5, 0.6) is 0 Å². The van der Waals surface area contributed by atoms with Crippen LogP contribution in [-0.4, -0.2) is 27.9 Å². The maximum Gasteiger partial charge on any atom is 0.309 e. The molecule has 4 aliphatic rings. The minimum atomic E-state index is -0.649. The van der Waals surface area contributed by atoms with E-state index in [1.54, 1.807) is 0 Å². The highest BCUT2D eigenvalue weighted by molar-refractivity contribution is 6.31. The Morgan fingerprint density at radius 3 is 2.48 bits per heavy atom. The van der Waals surface area contributed by atoms with Gasteiger partial charge >= 0.3 is 5.97 Å². The zero-order chi connectivity index (χ0) is 18.3. The van der Waals surface area contributed by atoms with E-state index in [0.29, 0.717) is 5.92 Å². The van der Waals surface area contributed by atoms with Gasteiger partial charge in [-0.2, -0.15) is 0 Å². The van der Waals surface area contributed by atoms with Gasteiger partial charge in [0.25, 0.3) is 0 Å². The molecule has 0 aromatic carbocycles. The van der Waals surface area contributed by atoms with Crippen LogP contribution < -0.4 is 5.32 Å². The monoisotopic (exact) mass is 367 g/mol.